The van der Waals surface area contributed by atoms with Gasteiger partial charge in [0.1, 0.15) is 12.6 Å². The number of hydrogen-bond acceptors (Lipinski definition) is 2. The van der Waals surface area contributed by atoms with Crippen LogP contribution in [0.3, 0.4) is 0 Å². The van der Waals surface area contributed by atoms with E-state index in [0.29, 0.717) is 30.1 Å². The first-order valence-electron chi connectivity index (χ1n) is 8.54. The molecular weight excluding hydrogens is 272 g/mol. The second kappa shape index (κ2) is 11.6. The fourth-order valence-electron chi connectivity index (χ4n) is 2.56. The average molecular weight is 311 g/mol. The molecule has 0 heterocycles. The molecule has 0 aromatic carbocycles. The van der Waals surface area contributed by atoms with Gasteiger partial charge in [0.2, 0.25) is 0 Å². The van der Waals surface area contributed by atoms with Gasteiger partial charge in [0.25, 0.3) is 0 Å². The normalized spacial score (nSPS) is 14.3. The fourth-order valence-corrected chi connectivity index (χ4v) is 2.56. The molecular formula is C20H38O2. The van der Waals surface area contributed by atoms with Gasteiger partial charge in [-0.25, -0.2) is 0 Å². The Balaban J connectivity index is 0. The average Bonchev–Trinajstić information content (AvgIpc) is 2.39. The van der Waals surface area contributed by atoms with Crippen molar-refractivity contribution in [1.82, 2.24) is 0 Å². The smallest absolute Gasteiger partial charge is 0.120 e. The van der Waals surface area contributed by atoms with Crippen molar-refractivity contribution in [2.24, 2.45) is 22.7 Å². The lowest BCUT2D eigenvalue weighted by Gasteiger charge is -2.25. The van der Waals surface area contributed by atoms with Gasteiger partial charge in [-0.2, -0.15) is 0 Å². The van der Waals surface area contributed by atoms with E-state index in [1.807, 2.05) is 6.08 Å². The van der Waals surface area contributed by atoms with Crippen LogP contribution in [0.2, 0.25) is 0 Å². The monoisotopic (exact) mass is 310 g/mol. The van der Waals surface area contributed by atoms with Gasteiger partial charge in [-0.05, 0) is 35.5 Å². The van der Waals surface area contributed by atoms with Gasteiger partial charge < -0.3 is 9.59 Å². The summed E-state index contributed by atoms with van der Waals surface area (Å²) < 4.78 is 0. The lowest BCUT2D eigenvalue weighted by atomic mass is 9.80. The maximum absolute atomic E-state index is 10.2. The Bertz CT molecular complexity index is 316. The maximum Gasteiger partial charge on any atom is 0.120 e. The van der Waals surface area contributed by atoms with E-state index in [9.17, 15) is 9.59 Å². The Kier molecular flexibility index (Phi) is 12.3. The third-order valence-electron chi connectivity index (χ3n) is 4.28. The number of allylic oxidation sites excluding steroid dienone is 1. The van der Waals surface area contributed by atoms with Crippen molar-refractivity contribution in [1.29, 1.82) is 0 Å². The standard InChI is InChI=1S/C10H20O.C10H18O/c2*1-5-10(3,4)8-9(2)6-7-11/h7,9H,5-6,8H2,1-4H3;5,7,9H,1,6,8H2,2-4H3. The molecule has 0 saturated carbocycles. The highest BCUT2D eigenvalue weighted by Crippen LogP contribution is 2.29. The lowest BCUT2D eigenvalue weighted by Crippen LogP contribution is -2.14. The predicted octanol–water partition coefficient (Wildman–Crippen LogP) is 5.85. The second-order valence-corrected chi connectivity index (χ2v) is 8.13. The van der Waals surface area contributed by atoms with Gasteiger partial charge >= 0.3 is 0 Å². The van der Waals surface area contributed by atoms with Crippen molar-refractivity contribution < 1.29 is 9.59 Å². The van der Waals surface area contributed by atoms with Crippen LogP contribution in [-0.4, -0.2) is 12.6 Å². The number of aldehydes is 2. The summed E-state index contributed by atoms with van der Waals surface area (Å²) >= 11 is 0. The Morgan fingerprint density at radius 2 is 1.32 bits per heavy atom. The van der Waals surface area contributed by atoms with Crippen LogP contribution in [0, 0.1) is 22.7 Å². The molecule has 0 fully saturated rings. The van der Waals surface area contributed by atoms with E-state index in [0.717, 1.165) is 25.4 Å². The molecule has 0 N–H and O–H groups in total. The number of carbonyl (C=O) groups is 2. The van der Waals surface area contributed by atoms with Gasteiger partial charge in [-0.3, -0.25) is 0 Å². The zero-order valence-electron chi connectivity index (χ0n) is 15.9. The van der Waals surface area contributed by atoms with Gasteiger partial charge in [-0.15, -0.1) is 6.58 Å². The van der Waals surface area contributed by atoms with Crippen LogP contribution >= 0.6 is 0 Å². The van der Waals surface area contributed by atoms with Crippen LogP contribution < -0.4 is 0 Å². The van der Waals surface area contributed by atoms with Gasteiger partial charge in [-0.1, -0.05) is 61.0 Å². The van der Waals surface area contributed by atoms with Gasteiger partial charge in [0, 0.05) is 12.8 Å². The first-order chi connectivity index (χ1) is 10.0. The summed E-state index contributed by atoms with van der Waals surface area (Å²) in [5.41, 5.74) is 0.574. The molecule has 0 bridgehead atoms. The first-order valence-corrected chi connectivity index (χ1v) is 8.54. The zero-order chi connectivity index (χ0) is 17.8. The number of hydrogen-bond donors (Lipinski definition) is 0. The van der Waals surface area contributed by atoms with Crippen molar-refractivity contribution in [3.05, 3.63) is 12.7 Å². The molecule has 0 aliphatic heterocycles. The molecule has 2 nitrogen and oxygen atoms in total. The Hall–Kier alpha value is -0.920. The quantitative estimate of drug-likeness (QED) is 0.374. The molecule has 0 radical (unpaired) electrons. The van der Waals surface area contributed by atoms with E-state index in [-0.39, 0.29) is 5.41 Å². The van der Waals surface area contributed by atoms with E-state index < -0.39 is 0 Å². The highest BCUT2D eigenvalue weighted by atomic mass is 16.1. The third kappa shape index (κ3) is 14.0. The van der Waals surface area contributed by atoms with Crippen molar-refractivity contribution in [2.45, 2.75) is 80.6 Å². The van der Waals surface area contributed by atoms with Gasteiger partial charge in [0.15, 0.2) is 0 Å². The molecule has 2 atom stereocenters. The summed E-state index contributed by atoms with van der Waals surface area (Å²) in [7, 11) is 0. The third-order valence-corrected chi connectivity index (χ3v) is 4.28. The van der Waals surface area contributed by atoms with Crippen LogP contribution in [0.5, 0.6) is 0 Å². The summed E-state index contributed by atoms with van der Waals surface area (Å²) in [6, 6.07) is 0. The largest absolute Gasteiger partial charge is 0.303 e. The Morgan fingerprint density at radius 3 is 1.64 bits per heavy atom. The number of rotatable bonds is 10. The fraction of sp³-hybridized carbons (Fsp3) is 0.800. The summed E-state index contributed by atoms with van der Waals surface area (Å²) in [6.07, 6.45) is 8.73. The molecule has 0 aliphatic carbocycles. The van der Waals surface area contributed by atoms with E-state index >= 15 is 0 Å². The minimum Gasteiger partial charge on any atom is -0.303 e. The highest BCUT2D eigenvalue weighted by Gasteiger charge is 2.18. The molecule has 0 aromatic rings. The summed E-state index contributed by atoms with van der Waals surface area (Å²) in [5, 5.41) is 0. The van der Waals surface area contributed by atoms with Crippen LogP contribution in [0.4, 0.5) is 0 Å². The van der Waals surface area contributed by atoms with E-state index in [2.05, 4.69) is 55.0 Å². The molecule has 0 aliphatic rings. The number of carbonyl (C=O) groups excluding carboxylic acids is 2. The zero-order valence-corrected chi connectivity index (χ0v) is 15.9. The molecule has 22 heavy (non-hydrogen) atoms. The molecule has 0 spiro atoms. The van der Waals surface area contributed by atoms with Crippen molar-refractivity contribution >= 4 is 12.6 Å². The summed E-state index contributed by atoms with van der Waals surface area (Å²) in [4.78, 5) is 20.4. The van der Waals surface area contributed by atoms with Crippen LogP contribution in [-0.2, 0) is 9.59 Å². The molecule has 2 heteroatoms. The van der Waals surface area contributed by atoms with Gasteiger partial charge in [0.05, 0.1) is 0 Å². The van der Waals surface area contributed by atoms with Crippen LogP contribution in [0.25, 0.3) is 0 Å². The lowest BCUT2D eigenvalue weighted by molar-refractivity contribution is -0.109. The van der Waals surface area contributed by atoms with Crippen molar-refractivity contribution in [3.63, 3.8) is 0 Å². The van der Waals surface area contributed by atoms with E-state index in [1.165, 1.54) is 6.42 Å². The molecule has 0 aromatic heterocycles. The van der Waals surface area contributed by atoms with Crippen LogP contribution in [0.15, 0.2) is 12.7 Å². The Morgan fingerprint density at radius 1 is 0.909 bits per heavy atom. The Labute approximate surface area is 138 Å². The summed E-state index contributed by atoms with van der Waals surface area (Å²) in [5.74, 6) is 1.02. The van der Waals surface area contributed by atoms with E-state index in [4.69, 9.17) is 0 Å². The predicted molar refractivity (Wildman–Crippen MR) is 97.0 cm³/mol. The highest BCUT2D eigenvalue weighted by molar-refractivity contribution is 5.49. The SMILES string of the molecule is C=CC(C)(C)CC(C)CC=O.CCC(C)(C)CC(C)CC=O. The van der Waals surface area contributed by atoms with E-state index in [1.54, 1.807) is 0 Å². The molecule has 0 amide bonds. The minimum atomic E-state index is 0.169. The van der Waals surface area contributed by atoms with Crippen molar-refractivity contribution in [2.75, 3.05) is 0 Å². The molecule has 130 valence electrons. The molecule has 0 rings (SSSR count). The van der Waals surface area contributed by atoms with Crippen molar-refractivity contribution in [3.8, 4) is 0 Å². The topological polar surface area (TPSA) is 34.1 Å². The molecule has 0 saturated heterocycles. The molecule has 2 unspecified atom stereocenters. The van der Waals surface area contributed by atoms with Crippen LogP contribution in [0.1, 0.15) is 80.6 Å². The summed E-state index contributed by atoms with van der Waals surface area (Å²) in [6.45, 7) is 19.0. The second-order valence-electron chi connectivity index (χ2n) is 8.13. The minimum absolute atomic E-state index is 0.169. The maximum atomic E-state index is 10.2. The first kappa shape index (κ1) is 23.3.